The number of fused-ring (bicyclic) bond motifs is 1. The Morgan fingerprint density at radius 1 is 1.07 bits per heavy atom. The summed E-state index contributed by atoms with van der Waals surface area (Å²) in [5, 5.41) is 0. The van der Waals surface area contributed by atoms with Gasteiger partial charge in [-0.05, 0) is 82.2 Å². The van der Waals surface area contributed by atoms with Gasteiger partial charge in [-0.1, -0.05) is 6.07 Å². The van der Waals surface area contributed by atoms with Crippen LogP contribution in [0.15, 0.2) is 18.2 Å². The second-order valence-electron chi connectivity index (χ2n) is 7.45. The number of carbonyl (C=O) groups is 3. The van der Waals surface area contributed by atoms with E-state index < -0.39 is 18.0 Å². The molecule has 0 fully saturated rings. The number of carbonyl (C=O) groups excluding carboxylic acids is 3. The summed E-state index contributed by atoms with van der Waals surface area (Å²) >= 11 is 0. The Hall–Kier alpha value is -2.89. The van der Waals surface area contributed by atoms with Crippen molar-refractivity contribution in [3.63, 3.8) is 0 Å². The first kappa shape index (κ1) is 20.8. The lowest BCUT2D eigenvalue weighted by Gasteiger charge is -2.17. The number of esters is 2. The van der Waals surface area contributed by atoms with Crippen LogP contribution in [0.25, 0.3) is 0 Å². The van der Waals surface area contributed by atoms with Crippen molar-refractivity contribution in [2.45, 2.75) is 59.5 Å². The molecular weight excluding hydrogens is 370 g/mol. The van der Waals surface area contributed by atoms with E-state index in [9.17, 15) is 14.4 Å². The maximum atomic E-state index is 12.9. The van der Waals surface area contributed by atoms with Crippen LogP contribution < -0.4 is 0 Å². The monoisotopic (exact) mass is 397 g/mol. The molecular formula is C23H27NO5. The van der Waals surface area contributed by atoms with Gasteiger partial charge < -0.3 is 14.5 Å². The molecule has 0 spiro atoms. The molecule has 1 aliphatic rings. The number of aryl methyl sites for hydroxylation is 3. The average molecular weight is 397 g/mol. The molecule has 0 saturated heterocycles. The Morgan fingerprint density at radius 2 is 1.76 bits per heavy atom. The van der Waals surface area contributed by atoms with Crippen LogP contribution >= 0.6 is 0 Å². The molecule has 1 heterocycles. The SMILES string of the molecule is CCOC(=O)c1c(C)[nH]c(C(=O)[C@H](C)OC(=O)c2ccc3c(c2)CCCC3)c1C. The minimum atomic E-state index is -0.981. The molecule has 0 aliphatic heterocycles. The van der Waals surface area contributed by atoms with E-state index in [-0.39, 0.29) is 18.1 Å². The number of ketones is 1. The molecule has 0 unspecified atom stereocenters. The van der Waals surface area contributed by atoms with Crippen molar-refractivity contribution in [1.29, 1.82) is 0 Å². The Bertz CT molecular complexity index is 956. The summed E-state index contributed by atoms with van der Waals surface area (Å²) in [6.45, 7) is 6.91. The van der Waals surface area contributed by atoms with Gasteiger partial charge in [-0.2, -0.15) is 0 Å². The first-order valence-electron chi connectivity index (χ1n) is 10.1. The van der Waals surface area contributed by atoms with Crippen molar-refractivity contribution in [1.82, 2.24) is 4.98 Å². The predicted octanol–water partition coefficient (Wildman–Crippen LogP) is 4.12. The molecule has 3 rings (SSSR count). The van der Waals surface area contributed by atoms with Gasteiger partial charge in [-0.15, -0.1) is 0 Å². The van der Waals surface area contributed by atoms with Crippen molar-refractivity contribution in [3.05, 3.63) is 57.4 Å². The van der Waals surface area contributed by atoms with Crippen molar-refractivity contribution in [2.75, 3.05) is 6.61 Å². The van der Waals surface area contributed by atoms with Crippen molar-refractivity contribution >= 4 is 17.7 Å². The first-order valence-corrected chi connectivity index (χ1v) is 10.1. The van der Waals surface area contributed by atoms with Gasteiger partial charge in [0, 0.05) is 5.69 Å². The molecule has 2 aromatic rings. The van der Waals surface area contributed by atoms with Crippen molar-refractivity contribution in [3.8, 4) is 0 Å². The van der Waals surface area contributed by atoms with Gasteiger partial charge in [0.25, 0.3) is 0 Å². The highest BCUT2D eigenvalue weighted by Crippen LogP contribution is 2.24. The van der Waals surface area contributed by atoms with Gasteiger partial charge >= 0.3 is 11.9 Å². The third-order valence-corrected chi connectivity index (χ3v) is 5.40. The Kier molecular flexibility index (Phi) is 6.20. The number of aromatic nitrogens is 1. The quantitative estimate of drug-likeness (QED) is 0.585. The highest BCUT2D eigenvalue weighted by molar-refractivity contribution is 6.04. The van der Waals surface area contributed by atoms with E-state index in [0.29, 0.717) is 22.4 Å². The number of hydrogen-bond acceptors (Lipinski definition) is 5. The number of H-pyrrole nitrogens is 1. The second kappa shape index (κ2) is 8.64. The Balaban J connectivity index is 1.75. The molecule has 6 nitrogen and oxygen atoms in total. The highest BCUT2D eigenvalue weighted by atomic mass is 16.5. The summed E-state index contributed by atoms with van der Waals surface area (Å²) in [7, 11) is 0. The fraction of sp³-hybridized carbons (Fsp3) is 0.435. The molecule has 1 atom stereocenters. The predicted molar refractivity (Wildman–Crippen MR) is 109 cm³/mol. The number of hydrogen-bond donors (Lipinski definition) is 1. The summed E-state index contributed by atoms with van der Waals surface area (Å²) in [5.41, 5.74) is 4.58. The van der Waals surface area contributed by atoms with Crippen molar-refractivity contribution < 1.29 is 23.9 Å². The van der Waals surface area contributed by atoms with E-state index in [4.69, 9.17) is 9.47 Å². The van der Waals surface area contributed by atoms with Crippen LogP contribution in [-0.2, 0) is 22.3 Å². The van der Waals surface area contributed by atoms with E-state index in [1.807, 2.05) is 12.1 Å². The fourth-order valence-corrected chi connectivity index (χ4v) is 3.85. The minimum absolute atomic E-state index is 0.251. The maximum absolute atomic E-state index is 12.9. The zero-order valence-electron chi connectivity index (χ0n) is 17.4. The van der Waals surface area contributed by atoms with Crippen LogP contribution in [0.4, 0.5) is 0 Å². The first-order chi connectivity index (χ1) is 13.8. The summed E-state index contributed by atoms with van der Waals surface area (Å²) in [6.07, 6.45) is 3.31. The number of Topliss-reactive ketones (excluding diaryl/α,β-unsaturated/α-hetero) is 1. The Labute approximate surface area is 170 Å². The van der Waals surface area contributed by atoms with Crippen LogP contribution in [0.2, 0.25) is 0 Å². The van der Waals surface area contributed by atoms with E-state index in [0.717, 1.165) is 19.3 Å². The van der Waals surface area contributed by atoms with Crippen LogP contribution in [0.3, 0.4) is 0 Å². The van der Waals surface area contributed by atoms with Gasteiger partial charge in [-0.25, -0.2) is 9.59 Å². The van der Waals surface area contributed by atoms with Gasteiger partial charge in [0.2, 0.25) is 5.78 Å². The number of aromatic amines is 1. The average Bonchev–Trinajstić information content (AvgIpc) is 3.01. The van der Waals surface area contributed by atoms with Crippen LogP contribution in [0, 0.1) is 13.8 Å². The lowest BCUT2D eigenvalue weighted by molar-refractivity contribution is 0.0316. The fourth-order valence-electron chi connectivity index (χ4n) is 3.85. The molecule has 29 heavy (non-hydrogen) atoms. The Morgan fingerprint density at radius 3 is 2.45 bits per heavy atom. The molecule has 1 aromatic carbocycles. The summed E-state index contributed by atoms with van der Waals surface area (Å²) in [6, 6.07) is 5.60. The molecule has 1 N–H and O–H groups in total. The molecule has 6 heteroatoms. The lowest BCUT2D eigenvalue weighted by Crippen LogP contribution is -2.25. The van der Waals surface area contributed by atoms with E-state index in [1.165, 1.54) is 24.5 Å². The zero-order valence-corrected chi connectivity index (χ0v) is 17.4. The summed E-state index contributed by atoms with van der Waals surface area (Å²) in [5.74, 6) is -1.38. The molecule has 154 valence electrons. The summed E-state index contributed by atoms with van der Waals surface area (Å²) in [4.78, 5) is 40.5. The van der Waals surface area contributed by atoms with Crippen LogP contribution in [-0.4, -0.2) is 35.4 Å². The van der Waals surface area contributed by atoms with Crippen LogP contribution in [0.1, 0.15) is 80.3 Å². The maximum Gasteiger partial charge on any atom is 0.340 e. The standard InChI is InChI=1S/C23H27NO5/c1-5-28-23(27)19-13(2)20(24-14(19)3)21(25)15(4)29-22(26)18-11-10-16-8-6-7-9-17(16)12-18/h10-12,15,24H,5-9H2,1-4H3/t15-/m0/s1. The number of benzene rings is 1. The third-order valence-electron chi connectivity index (χ3n) is 5.40. The number of rotatable bonds is 6. The highest BCUT2D eigenvalue weighted by Gasteiger charge is 2.28. The van der Waals surface area contributed by atoms with Crippen LogP contribution in [0.5, 0.6) is 0 Å². The summed E-state index contributed by atoms with van der Waals surface area (Å²) < 4.78 is 10.5. The van der Waals surface area contributed by atoms with E-state index >= 15 is 0 Å². The molecule has 0 radical (unpaired) electrons. The zero-order chi connectivity index (χ0) is 21.1. The third kappa shape index (κ3) is 4.26. The van der Waals surface area contributed by atoms with E-state index in [1.54, 1.807) is 26.8 Å². The van der Waals surface area contributed by atoms with Gasteiger partial charge in [-0.3, -0.25) is 4.79 Å². The van der Waals surface area contributed by atoms with Gasteiger partial charge in [0.1, 0.15) is 0 Å². The molecule has 0 saturated carbocycles. The topological polar surface area (TPSA) is 85.5 Å². The van der Waals surface area contributed by atoms with Crippen molar-refractivity contribution in [2.24, 2.45) is 0 Å². The minimum Gasteiger partial charge on any atom is -0.462 e. The lowest BCUT2D eigenvalue weighted by atomic mass is 9.90. The van der Waals surface area contributed by atoms with Gasteiger partial charge in [0.05, 0.1) is 23.4 Å². The second-order valence-corrected chi connectivity index (χ2v) is 7.45. The van der Waals surface area contributed by atoms with Gasteiger partial charge in [0.15, 0.2) is 6.10 Å². The molecule has 0 amide bonds. The number of nitrogens with one attached hydrogen (secondary N) is 1. The van der Waals surface area contributed by atoms with E-state index in [2.05, 4.69) is 4.98 Å². The smallest absolute Gasteiger partial charge is 0.340 e. The molecule has 1 aliphatic carbocycles. The molecule has 0 bridgehead atoms. The number of ether oxygens (including phenoxy) is 2. The normalized spacial score (nSPS) is 14.1. The molecule has 1 aromatic heterocycles. The largest absolute Gasteiger partial charge is 0.462 e.